The number of fused-ring (bicyclic) bond motifs is 2. The third-order valence-electron chi connectivity index (χ3n) is 17.6. The maximum absolute atomic E-state index is 16.4. The van der Waals surface area contributed by atoms with Crippen LogP contribution in [-0.4, -0.2) is 157 Å². The predicted octanol–water partition coefficient (Wildman–Crippen LogP) is 12.4. The molecule has 1 amide bonds. The van der Waals surface area contributed by atoms with Gasteiger partial charge < -0.3 is 74.9 Å². The Labute approximate surface area is 562 Å². The van der Waals surface area contributed by atoms with E-state index in [0.717, 1.165) is 10.8 Å². The Morgan fingerprint density at radius 2 is 0.863 bits per heavy atom. The van der Waals surface area contributed by atoms with Crippen molar-refractivity contribution >= 4 is 68.6 Å². The highest BCUT2D eigenvalue weighted by atomic mass is 35.5. The average Bonchev–Trinajstić information content (AvgIpc) is 1.66. The zero-order valence-electron chi connectivity index (χ0n) is 58.2. The number of hydrogen-bond donors (Lipinski definition) is 2. The molecule has 0 aliphatic carbocycles. The van der Waals surface area contributed by atoms with E-state index >= 15 is 17.6 Å². The minimum absolute atomic E-state index is 0.0133. The number of alkyl halides is 4. The fourth-order valence-electron chi connectivity index (χ4n) is 12.6. The van der Waals surface area contributed by atoms with Crippen LogP contribution >= 0.6 is 11.6 Å². The van der Waals surface area contributed by atoms with E-state index in [1.165, 1.54) is 85.3 Å². The van der Waals surface area contributed by atoms with E-state index in [1.807, 2.05) is 83.1 Å². The molecule has 4 aliphatic rings. The van der Waals surface area contributed by atoms with Crippen LogP contribution in [0.5, 0.6) is 34.5 Å². The number of carbonyl (C=O) groups is 2. The van der Waals surface area contributed by atoms with Gasteiger partial charge in [-0.2, -0.15) is 27.5 Å². The maximum atomic E-state index is 16.4. The minimum Gasteiger partial charge on any atom is -0.493 e. The molecule has 2 aromatic carbocycles. The van der Waals surface area contributed by atoms with Crippen LogP contribution in [0.15, 0.2) is 58.4 Å². The van der Waals surface area contributed by atoms with Crippen molar-refractivity contribution in [3.8, 4) is 34.5 Å². The number of nitrogen functional groups attached to an aromatic ring is 1. The predicted molar refractivity (Wildman–Crippen MR) is 357 cm³/mol. The van der Waals surface area contributed by atoms with Gasteiger partial charge in [0.15, 0.2) is 23.0 Å². The summed E-state index contributed by atoms with van der Waals surface area (Å²) in [5.41, 5.74) is 3.59. The van der Waals surface area contributed by atoms with Crippen molar-refractivity contribution in [2.24, 2.45) is 0 Å². The molecule has 6 heterocycles. The van der Waals surface area contributed by atoms with Crippen LogP contribution < -0.4 is 50.9 Å². The van der Waals surface area contributed by atoms with Gasteiger partial charge in [0.25, 0.3) is 11.1 Å². The Balaban J connectivity index is 0.000000256. The molecular weight excluding hydrogens is 1340 g/mol. The second-order valence-electron chi connectivity index (χ2n) is 26.0. The summed E-state index contributed by atoms with van der Waals surface area (Å²) < 4.78 is 149. The van der Waals surface area contributed by atoms with Crippen molar-refractivity contribution in [3.05, 3.63) is 80.9 Å². The van der Waals surface area contributed by atoms with Crippen molar-refractivity contribution in [3.63, 3.8) is 0 Å². The summed E-state index contributed by atoms with van der Waals surface area (Å²) in [5.74, 6) is -5.99. The molecule has 4 saturated heterocycles. The fourth-order valence-corrected chi connectivity index (χ4v) is 35.1. The Morgan fingerprint density at radius 3 is 1.16 bits per heavy atom. The maximum Gasteiger partial charge on any atom is 0.351 e. The van der Waals surface area contributed by atoms with Crippen molar-refractivity contribution in [1.82, 2.24) is 19.1 Å². The number of anilines is 2. The molecule has 33 heteroatoms. The largest absolute Gasteiger partial charge is 0.493 e. The van der Waals surface area contributed by atoms with Crippen LogP contribution in [0.2, 0.25) is 44.3 Å². The molecule has 4 fully saturated rings. The Morgan fingerprint density at radius 1 is 0.537 bits per heavy atom. The Kier molecular flexibility index (Phi) is 25.7. The molecule has 0 bridgehead atoms. The van der Waals surface area contributed by atoms with Gasteiger partial charge in [0.1, 0.15) is 36.1 Å². The standard InChI is InChI=1S/C31H47F2N3O9Si2.C21H37F2N3O5Si2.C10H11ClO4/c1-17(2)46(18(3)4)42-16-24-27(44-47(45-46,19(5)6)20(7)8)31(32,33)29(43-24)36-13-12-25(35-30(36)38)34-28(37)21-14-22(39-9)26(41-11)23(15-21)40-10;1-12(2)32(13(3)4)28-11-16-18(30-33(31-32,14(5)6)15(7)8)21(22,23)19(29-16)26-10-9-17(24)25-20(26)27;1-13-7-4-6(10(11)12)5-8(14-2)9(7)15-3/h12-15,17-20,24,27,29H,16H2,1-11H3,(H,34,35,37,38);9-10,12-16,18-19H,11H2,1-8H3,(H2,24,25,27);4-5H,1-3H3/t24-,27-,29-;16-,18-,19-;/m11./s1. The monoisotopic (exact) mass is 1430 g/mol. The number of rotatable bonds is 19. The van der Waals surface area contributed by atoms with E-state index in [0.29, 0.717) is 33.1 Å². The van der Waals surface area contributed by atoms with E-state index in [9.17, 15) is 19.2 Å². The van der Waals surface area contributed by atoms with E-state index in [2.05, 4.69) is 43.0 Å². The summed E-state index contributed by atoms with van der Waals surface area (Å²) in [6.07, 6.45) is -7.18. The van der Waals surface area contributed by atoms with E-state index in [4.69, 9.17) is 81.2 Å². The summed E-state index contributed by atoms with van der Waals surface area (Å²) in [7, 11) is -3.85. The number of halogens is 5. The number of ether oxygens (including phenoxy) is 8. The average molecular weight is 1440 g/mol. The van der Waals surface area contributed by atoms with Crippen LogP contribution in [-0.2, 0) is 35.4 Å². The zero-order valence-corrected chi connectivity index (χ0v) is 63.0. The highest BCUT2D eigenvalue weighted by Crippen LogP contribution is 2.55. The highest BCUT2D eigenvalue weighted by molar-refractivity contribution is 6.84. The molecule has 0 radical (unpaired) electrons. The lowest BCUT2D eigenvalue weighted by Crippen LogP contribution is -2.66. The number of carbonyl (C=O) groups excluding carboxylic acids is 2. The van der Waals surface area contributed by atoms with Crippen LogP contribution in [0.4, 0.5) is 29.2 Å². The van der Waals surface area contributed by atoms with Crippen LogP contribution in [0.3, 0.4) is 0 Å². The molecule has 6 atom stereocenters. The quantitative estimate of drug-likeness (QED) is 0.0501. The van der Waals surface area contributed by atoms with E-state index in [-0.39, 0.29) is 86.2 Å². The molecule has 8 rings (SSSR count). The molecule has 532 valence electrons. The smallest absolute Gasteiger partial charge is 0.351 e. The molecular formula is C62H95ClF4N6O18Si4. The summed E-state index contributed by atoms with van der Waals surface area (Å²) in [5, 5.41) is 1.94. The van der Waals surface area contributed by atoms with Gasteiger partial charge in [-0.1, -0.05) is 111 Å². The number of methoxy groups -OCH3 is 6. The van der Waals surface area contributed by atoms with Gasteiger partial charge in [0.2, 0.25) is 24.0 Å². The molecule has 24 nitrogen and oxygen atoms in total. The number of nitrogens with one attached hydrogen (secondary N) is 1. The second kappa shape index (κ2) is 31.1. The molecule has 0 saturated carbocycles. The number of hydrogen-bond acceptors (Lipinski definition) is 21. The summed E-state index contributed by atoms with van der Waals surface area (Å²) >= 11 is 5.37. The van der Waals surface area contributed by atoms with Crippen LogP contribution in [0.1, 0.15) is 144 Å². The van der Waals surface area contributed by atoms with Gasteiger partial charge >= 0.3 is 57.5 Å². The summed E-state index contributed by atoms with van der Waals surface area (Å²) in [6.45, 7) is 31.7. The number of amides is 1. The molecule has 0 spiro atoms. The first-order valence-electron chi connectivity index (χ1n) is 31.5. The topological polar surface area (TPSA) is 271 Å². The Hall–Kier alpha value is -5.50. The first kappa shape index (κ1) is 78.5. The molecule has 95 heavy (non-hydrogen) atoms. The molecule has 4 aliphatic heterocycles. The van der Waals surface area contributed by atoms with Crippen LogP contribution in [0, 0.1) is 0 Å². The van der Waals surface area contributed by atoms with Crippen LogP contribution in [0.25, 0.3) is 0 Å². The van der Waals surface area contributed by atoms with Crippen molar-refractivity contribution in [2.75, 3.05) is 66.9 Å². The van der Waals surface area contributed by atoms with Gasteiger partial charge in [0.05, 0.1) is 55.9 Å². The number of nitrogens with two attached hydrogens (primary N) is 1. The summed E-state index contributed by atoms with van der Waals surface area (Å²) in [6, 6.07) is 8.38. The second-order valence-corrected chi connectivity index (χ2v) is 44.1. The van der Waals surface area contributed by atoms with Gasteiger partial charge in [-0.25, -0.2) is 9.59 Å². The lowest BCUT2D eigenvalue weighted by atomic mass is 10.1. The fraction of sp³-hybridized carbons (Fsp3) is 0.645. The molecule has 3 N–H and O–H groups in total. The van der Waals surface area contributed by atoms with E-state index < -0.39 is 105 Å². The lowest BCUT2D eigenvalue weighted by Gasteiger charge is -2.51. The van der Waals surface area contributed by atoms with Gasteiger partial charge in [-0.3, -0.25) is 18.7 Å². The third-order valence-corrected chi connectivity index (χ3v) is 38.3. The van der Waals surface area contributed by atoms with E-state index in [1.54, 1.807) is 0 Å². The van der Waals surface area contributed by atoms with Gasteiger partial charge in [0, 0.05) is 23.5 Å². The molecule has 4 aromatic rings. The normalized spacial score (nSPS) is 23.1. The summed E-state index contributed by atoms with van der Waals surface area (Å²) in [4.78, 5) is 57.1. The third kappa shape index (κ3) is 15.5. The van der Waals surface area contributed by atoms with Gasteiger partial charge in [-0.05, 0) is 92.3 Å². The Bertz CT molecular complexity index is 3360. The van der Waals surface area contributed by atoms with Crippen molar-refractivity contribution in [2.45, 2.75) is 204 Å². The SMILES string of the molecule is CC(C)[Si]1(C(C)C)OC[C@H]2O[C@@H](n3ccc(N)nc3=O)C(F)(F)[C@@H]2O[Si](C(C)C)(C(C)C)O1.COc1cc(C(=O)Cl)cc(OC)c1OC.COc1cc(C(=O)Nc2ccn([C@@H]3O[C@@H]4CO[Si](C(C)C)(C(C)C)O[Si](C(C)C)(C(C)C)O[C@H]4C3(F)F)c(=O)n2)cc(OC)c1OC. The minimum atomic E-state index is -3.65. The number of nitrogens with zero attached hydrogens (tertiary/aromatic N) is 4. The highest BCUT2D eigenvalue weighted by Gasteiger charge is 2.70. The molecule has 0 unspecified atom stereocenters. The first-order valence-corrected chi connectivity index (χ1v) is 39.7. The first-order chi connectivity index (χ1) is 44.3. The van der Waals surface area contributed by atoms with Crippen molar-refractivity contribution < 1.29 is 91.0 Å². The zero-order chi connectivity index (χ0) is 71.4. The molecule has 2 aromatic heterocycles. The van der Waals surface area contributed by atoms with Gasteiger partial charge in [-0.15, -0.1) is 0 Å². The lowest BCUT2D eigenvalue weighted by molar-refractivity contribution is -0.140. The number of aromatic nitrogens is 4. The van der Waals surface area contributed by atoms with Crippen molar-refractivity contribution in [1.29, 1.82) is 0 Å². The number of benzene rings is 2.